The quantitative estimate of drug-likeness (QED) is 0.487. The van der Waals surface area contributed by atoms with Gasteiger partial charge in [-0.3, -0.25) is 4.90 Å². The van der Waals surface area contributed by atoms with Crippen molar-refractivity contribution in [2.75, 3.05) is 32.9 Å². The predicted octanol–water partition coefficient (Wildman–Crippen LogP) is 0.0487. The summed E-state index contributed by atoms with van der Waals surface area (Å²) in [4.78, 5) is 12.9. The molecule has 1 aliphatic heterocycles. The fraction of sp³-hybridized carbons (Fsp3) is 0.900. The minimum Gasteiger partial charge on any atom is -0.394 e. The molecule has 1 atom stereocenters. The molecule has 0 saturated carbocycles. The van der Waals surface area contributed by atoms with Gasteiger partial charge in [-0.05, 0) is 19.4 Å². The molecule has 1 N–H and O–H groups in total. The van der Waals surface area contributed by atoms with E-state index in [9.17, 15) is 4.79 Å². The van der Waals surface area contributed by atoms with E-state index in [-0.39, 0.29) is 12.6 Å². The Labute approximate surface area is 84.8 Å². The van der Waals surface area contributed by atoms with Gasteiger partial charge in [-0.1, -0.05) is 6.42 Å². The number of carbonyl (C=O) groups is 1. The average molecular weight is 201 g/mol. The maximum atomic E-state index is 10.7. The number of aldehydes is 1. The Bertz CT molecular complexity index is 163. The third-order valence-corrected chi connectivity index (χ3v) is 2.58. The second kappa shape index (κ2) is 6.92. The van der Waals surface area contributed by atoms with Crippen LogP contribution >= 0.6 is 0 Å². The van der Waals surface area contributed by atoms with Gasteiger partial charge in [0.05, 0.1) is 25.9 Å². The summed E-state index contributed by atoms with van der Waals surface area (Å²) in [5.74, 6) is 0. The number of piperidine rings is 1. The van der Waals surface area contributed by atoms with Crippen LogP contribution in [0.3, 0.4) is 0 Å². The molecule has 1 aliphatic rings. The molecule has 0 amide bonds. The molecule has 0 spiro atoms. The summed E-state index contributed by atoms with van der Waals surface area (Å²) in [6.07, 6.45) is 4.33. The second-order valence-corrected chi connectivity index (χ2v) is 3.57. The lowest BCUT2D eigenvalue weighted by Crippen LogP contribution is -2.42. The number of hydrogen-bond donors (Lipinski definition) is 1. The molecule has 82 valence electrons. The van der Waals surface area contributed by atoms with E-state index in [1.165, 1.54) is 6.42 Å². The van der Waals surface area contributed by atoms with Crippen LogP contribution in [0, 0.1) is 0 Å². The first-order chi connectivity index (χ1) is 6.88. The van der Waals surface area contributed by atoms with E-state index in [1.807, 2.05) is 0 Å². The zero-order valence-corrected chi connectivity index (χ0v) is 8.52. The van der Waals surface area contributed by atoms with E-state index < -0.39 is 0 Å². The maximum absolute atomic E-state index is 10.7. The Hall–Kier alpha value is -0.450. The molecule has 0 aromatic rings. The highest BCUT2D eigenvalue weighted by Crippen LogP contribution is 2.14. The maximum Gasteiger partial charge on any atom is 0.137 e. The molecule has 1 saturated heterocycles. The minimum absolute atomic E-state index is 0.0666. The summed E-state index contributed by atoms with van der Waals surface area (Å²) < 4.78 is 5.17. The van der Waals surface area contributed by atoms with Gasteiger partial charge in [-0.25, -0.2) is 0 Å². The van der Waals surface area contributed by atoms with Crippen LogP contribution in [0.4, 0.5) is 0 Å². The van der Waals surface area contributed by atoms with Gasteiger partial charge in [0.1, 0.15) is 6.29 Å². The van der Waals surface area contributed by atoms with Crippen LogP contribution in [0.25, 0.3) is 0 Å². The average Bonchev–Trinajstić information content (AvgIpc) is 2.25. The largest absolute Gasteiger partial charge is 0.394 e. The van der Waals surface area contributed by atoms with E-state index in [2.05, 4.69) is 4.90 Å². The Morgan fingerprint density at radius 2 is 2.29 bits per heavy atom. The summed E-state index contributed by atoms with van der Waals surface area (Å²) in [5, 5.41) is 8.51. The van der Waals surface area contributed by atoms with Crippen LogP contribution in [0.5, 0.6) is 0 Å². The number of rotatable bonds is 6. The topological polar surface area (TPSA) is 49.8 Å². The lowest BCUT2D eigenvalue weighted by atomic mass is 10.0. The number of carbonyl (C=O) groups excluding carboxylic acids is 1. The molecule has 1 fully saturated rings. The monoisotopic (exact) mass is 201 g/mol. The van der Waals surface area contributed by atoms with Crippen molar-refractivity contribution >= 4 is 6.29 Å². The minimum atomic E-state index is 0.0666. The summed E-state index contributed by atoms with van der Waals surface area (Å²) in [6, 6.07) is 0.0847. The Balaban J connectivity index is 2.16. The number of nitrogens with zero attached hydrogens (tertiary/aromatic N) is 1. The van der Waals surface area contributed by atoms with E-state index in [0.29, 0.717) is 13.2 Å². The van der Waals surface area contributed by atoms with E-state index >= 15 is 0 Å². The molecule has 1 unspecified atom stereocenters. The molecule has 0 radical (unpaired) electrons. The van der Waals surface area contributed by atoms with Gasteiger partial charge < -0.3 is 14.6 Å². The van der Waals surface area contributed by atoms with Crippen molar-refractivity contribution in [2.45, 2.75) is 25.3 Å². The first-order valence-corrected chi connectivity index (χ1v) is 5.26. The van der Waals surface area contributed by atoms with Crippen molar-refractivity contribution in [2.24, 2.45) is 0 Å². The molecule has 0 bridgehead atoms. The highest BCUT2D eigenvalue weighted by atomic mass is 16.5. The van der Waals surface area contributed by atoms with Crippen LogP contribution in [0.15, 0.2) is 0 Å². The van der Waals surface area contributed by atoms with Crippen molar-refractivity contribution < 1.29 is 14.6 Å². The SMILES string of the molecule is O=CC1CCCCN1CCOCCO. The van der Waals surface area contributed by atoms with Gasteiger partial charge in [0, 0.05) is 6.54 Å². The van der Waals surface area contributed by atoms with Crippen LogP contribution in [-0.2, 0) is 9.53 Å². The fourth-order valence-electron chi connectivity index (χ4n) is 1.80. The summed E-state index contributed by atoms with van der Waals surface area (Å²) in [7, 11) is 0. The predicted molar refractivity (Wildman–Crippen MR) is 53.2 cm³/mol. The van der Waals surface area contributed by atoms with Crippen molar-refractivity contribution in [3.63, 3.8) is 0 Å². The molecule has 0 aromatic carbocycles. The molecule has 4 heteroatoms. The van der Waals surface area contributed by atoms with Crippen LogP contribution in [0.2, 0.25) is 0 Å². The Morgan fingerprint density at radius 1 is 1.43 bits per heavy atom. The van der Waals surface area contributed by atoms with E-state index in [4.69, 9.17) is 9.84 Å². The van der Waals surface area contributed by atoms with Crippen molar-refractivity contribution in [3.8, 4) is 0 Å². The molecule has 1 rings (SSSR count). The smallest absolute Gasteiger partial charge is 0.137 e. The Morgan fingerprint density at radius 3 is 3.00 bits per heavy atom. The van der Waals surface area contributed by atoms with Crippen LogP contribution in [-0.4, -0.2) is 55.2 Å². The molecule has 0 aliphatic carbocycles. The van der Waals surface area contributed by atoms with Gasteiger partial charge in [-0.15, -0.1) is 0 Å². The summed E-state index contributed by atoms with van der Waals surface area (Å²) in [5.41, 5.74) is 0. The molecule has 14 heavy (non-hydrogen) atoms. The summed E-state index contributed by atoms with van der Waals surface area (Å²) in [6.45, 7) is 2.84. The first-order valence-electron chi connectivity index (χ1n) is 5.26. The summed E-state index contributed by atoms with van der Waals surface area (Å²) >= 11 is 0. The number of aliphatic hydroxyl groups is 1. The van der Waals surface area contributed by atoms with Crippen molar-refractivity contribution in [1.29, 1.82) is 0 Å². The highest BCUT2D eigenvalue weighted by molar-refractivity contribution is 5.57. The van der Waals surface area contributed by atoms with Crippen LogP contribution in [0.1, 0.15) is 19.3 Å². The van der Waals surface area contributed by atoms with Gasteiger partial charge in [-0.2, -0.15) is 0 Å². The van der Waals surface area contributed by atoms with E-state index in [0.717, 1.165) is 32.2 Å². The second-order valence-electron chi connectivity index (χ2n) is 3.57. The third-order valence-electron chi connectivity index (χ3n) is 2.58. The zero-order chi connectivity index (χ0) is 10.2. The number of likely N-dealkylation sites (tertiary alicyclic amines) is 1. The lowest BCUT2D eigenvalue weighted by Gasteiger charge is -2.31. The molecule has 1 heterocycles. The van der Waals surface area contributed by atoms with Crippen LogP contribution < -0.4 is 0 Å². The number of hydrogen-bond acceptors (Lipinski definition) is 4. The first kappa shape index (κ1) is 11.6. The molecular formula is C10H19NO3. The van der Waals surface area contributed by atoms with Gasteiger partial charge in [0.2, 0.25) is 0 Å². The third kappa shape index (κ3) is 3.74. The molecule has 0 aromatic heterocycles. The normalized spacial score (nSPS) is 23.6. The van der Waals surface area contributed by atoms with Gasteiger partial charge >= 0.3 is 0 Å². The van der Waals surface area contributed by atoms with Gasteiger partial charge in [0.15, 0.2) is 0 Å². The number of ether oxygens (including phenoxy) is 1. The standard InChI is InChI=1S/C10H19NO3/c12-6-8-14-7-5-11-4-2-1-3-10(11)9-13/h9-10,12H,1-8H2. The highest BCUT2D eigenvalue weighted by Gasteiger charge is 2.20. The molecule has 4 nitrogen and oxygen atoms in total. The van der Waals surface area contributed by atoms with Crippen molar-refractivity contribution in [3.05, 3.63) is 0 Å². The number of aliphatic hydroxyl groups excluding tert-OH is 1. The molecular weight excluding hydrogens is 182 g/mol. The lowest BCUT2D eigenvalue weighted by molar-refractivity contribution is -0.113. The van der Waals surface area contributed by atoms with E-state index in [1.54, 1.807) is 0 Å². The van der Waals surface area contributed by atoms with Gasteiger partial charge in [0.25, 0.3) is 0 Å². The Kier molecular flexibility index (Phi) is 5.75. The van der Waals surface area contributed by atoms with Crippen molar-refractivity contribution in [1.82, 2.24) is 4.90 Å². The fourth-order valence-corrected chi connectivity index (χ4v) is 1.80. The zero-order valence-electron chi connectivity index (χ0n) is 8.52.